The molecule has 0 aliphatic carbocycles. The zero-order valence-corrected chi connectivity index (χ0v) is 10.6. The Morgan fingerprint density at radius 2 is 2.18 bits per heavy atom. The second-order valence-electron chi connectivity index (χ2n) is 3.89. The molecule has 17 heavy (non-hydrogen) atoms. The molecule has 1 amide bonds. The van der Waals surface area contributed by atoms with Crippen molar-refractivity contribution in [2.24, 2.45) is 0 Å². The summed E-state index contributed by atoms with van der Waals surface area (Å²) in [5.41, 5.74) is 1.32. The first-order valence-electron chi connectivity index (χ1n) is 5.67. The zero-order chi connectivity index (χ0) is 12.1. The fourth-order valence-corrected chi connectivity index (χ4v) is 2.78. The SMILES string of the molecule is CNCC(=O)NCCc1csc2ccccc12. The van der Waals surface area contributed by atoms with Crippen molar-refractivity contribution in [3.05, 3.63) is 35.2 Å². The third kappa shape index (κ3) is 3.05. The van der Waals surface area contributed by atoms with Gasteiger partial charge in [0.1, 0.15) is 0 Å². The summed E-state index contributed by atoms with van der Waals surface area (Å²) in [6.45, 7) is 1.08. The van der Waals surface area contributed by atoms with Crippen LogP contribution in [0, 0.1) is 0 Å². The van der Waals surface area contributed by atoms with E-state index in [1.54, 1.807) is 18.4 Å². The third-order valence-electron chi connectivity index (χ3n) is 2.62. The highest BCUT2D eigenvalue weighted by atomic mass is 32.1. The molecule has 2 rings (SSSR count). The van der Waals surface area contributed by atoms with Gasteiger partial charge in [0.2, 0.25) is 5.91 Å². The first-order chi connectivity index (χ1) is 8.31. The van der Waals surface area contributed by atoms with Crippen LogP contribution in [0.1, 0.15) is 5.56 Å². The number of hydrogen-bond acceptors (Lipinski definition) is 3. The van der Waals surface area contributed by atoms with Crippen molar-refractivity contribution in [3.63, 3.8) is 0 Å². The molecule has 0 saturated heterocycles. The van der Waals surface area contributed by atoms with Crippen molar-refractivity contribution in [2.45, 2.75) is 6.42 Å². The molecule has 3 nitrogen and oxygen atoms in total. The topological polar surface area (TPSA) is 41.1 Å². The Morgan fingerprint density at radius 1 is 1.35 bits per heavy atom. The number of rotatable bonds is 5. The van der Waals surface area contributed by atoms with Gasteiger partial charge in [0.15, 0.2) is 0 Å². The molecule has 0 fully saturated rings. The molecule has 0 radical (unpaired) electrons. The van der Waals surface area contributed by atoms with Gasteiger partial charge < -0.3 is 10.6 Å². The van der Waals surface area contributed by atoms with Gasteiger partial charge in [-0.15, -0.1) is 11.3 Å². The summed E-state index contributed by atoms with van der Waals surface area (Å²) in [7, 11) is 1.77. The van der Waals surface area contributed by atoms with Crippen LogP contribution in [0.2, 0.25) is 0 Å². The summed E-state index contributed by atoms with van der Waals surface area (Å²) in [5, 5.41) is 9.20. The molecule has 0 aliphatic rings. The molecule has 1 aromatic carbocycles. The molecular formula is C13H16N2OS. The summed E-state index contributed by atoms with van der Waals surface area (Å²) in [4.78, 5) is 11.3. The maximum atomic E-state index is 11.3. The molecule has 1 aromatic heterocycles. The van der Waals surface area contributed by atoms with Gasteiger partial charge >= 0.3 is 0 Å². The number of hydrogen-bond donors (Lipinski definition) is 2. The number of carbonyl (C=O) groups excluding carboxylic acids is 1. The summed E-state index contributed by atoms with van der Waals surface area (Å²) < 4.78 is 1.31. The molecular weight excluding hydrogens is 232 g/mol. The van der Waals surface area contributed by atoms with E-state index in [0.29, 0.717) is 13.1 Å². The Morgan fingerprint density at radius 3 is 3.00 bits per heavy atom. The number of thiophene rings is 1. The monoisotopic (exact) mass is 248 g/mol. The highest BCUT2D eigenvalue weighted by Crippen LogP contribution is 2.25. The Hall–Kier alpha value is -1.39. The molecule has 0 saturated carbocycles. The average molecular weight is 248 g/mol. The average Bonchev–Trinajstić information content (AvgIpc) is 2.73. The number of nitrogens with one attached hydrogen (secondary N) is 2. The van der Waals surface area contributed by atoms with Crippen LogP contribution >= 0.6 is 11.3 Å². The van der Waals surface area contributed by atoms with E-state index in [2.05, 4.69) is 40.3 Å². The van der Waals surface area contributed by atoms with Crippen molar-refractivity contribution < 1.29 is 4.79 Å². The van der Waals surface area contributed by atoms with Crippen LogP contribution in [0.25, 0.3) is 10.1 Å². The lowest BCUT2D eigenvalue weighted by molar-refractivity contribution is -0.120. The standard InChI is InChI=1S/C13H16N2OS/c1-14-8-13(16)15-7-6-10-9-17-12-5-3-2-4-11(10)12/h2-5,9,14H,6-8H2,1H3,(H,15,16). The minimum absolute atomic E-state index is 0.0482. The molecule has 0 unspecified atom stereocenters. The van der Waals surface area contributed by atoms with Crippen LogP contribution in [0.3, 0.4) is 0 Å². The Bertz CT molecular complexity index is 507. The number of carbonyl (C=O) groups is 1. The van der Waals surface area contributed by atoms with Gasteiger partial charge in [0, 0.05) is 11.2 Å². The van der Waals surface area contributed by atoms with Crippen molar-refractivity contribution >= 4 is 27.3 Å². The lowest BCUT2D eigenvalue weighted by atomic mass is 10.1. The van der Waals surface area contributed by atoms with Crippen molar-refractivity contribution in [3.8, 4) is 0 Å². The zero-order valence-electron chi connectivity index (χ0n) is 9.82. The lowest BCUT2D eigenvalue weighted by Crippen LogP contribution is -2.33. The smallest absolute Gasteiger partial charge is 0.233 e. The molecule has 0 aliphatic heterocycles. The van der Waals surface area contributed by atoms with E-state index in [-0.39, 0.29) is 5.91 Å². The van der Waals surface area contributed by atoms with Gasteiger partial charge in [-0.2, -0.15) is 0 Å². The summed E-state index contributed by atoms with van der Waals surface area (Å²) in [6, 6.07) is 8.37. The maximum absolute atomic E-state index is 11.3. The maximum Gasteiger partial charge on any atom is 0.233 e. The van der Waals surface area contributed by atoms with E-state index >= 15 is 0 Å². The fourth-order valence-electron chi connectivity index (χ4n) is 1.79. The van der Waals surface area contributed by atoms with Gasteiger partial charge in [-0.3, -0.25) is 4.79 Å². The first-order valence-corrected chi connectivity index (χ1v) is 6.55. The minimum Gasteiger partial charge on any atom is -0.355 e. The van der Waals surface area contributed by atoms with Crippen LogP contribution in [0.4, 0.5) is 0 Å². The van der Waals surface area contributed by atoms with Gasteiger partial charge in [-0.25, -0.2) is 0 Å². The molecule has 0 bridgehead atoms. The van der Waals surface area contributed by atoms with Gasteiger partial charge in [-0.05, 0) is 35.9 Å². The Kier molecular flexibility index (Phi) is 4.12. The Balaban J connectivity index is 1.93. The van der Waals surface area contributed by atoms with E-state index in [1.165, 1.54) is 15.6 Å². The van der Waals surface area contributed by atoms with Crippen LogP contribution < -0.4 is 10.6 Å². The molecule has 90 valence electrons. The highest BCUT2D eigenvalue weighted by molar-refractivity contribution is 7.17. The van der Waals surface area contributed by atoms with E-state index in [0.717, 1.165) is 6.42 Å². The number of benzene rings is 1. The first kappa shape index (κ1) is 12.1. The van der Waals surface area contributed by atoms with Crippen molar-refractivity contribution in [1.29, 1.82) is 0 Å². The van der Waals surface area contributed by atoms with Crippen LogP contribution in [0.5, 0.6) is 0 Å². The van der Waals surface area contributed by atoms with Crippen LogP contribution in [-0.2, 0) is 11.2 Å². The molecule has 1 heterocycles. The summed E-state index contributed by atoms with van der Waals surface area (Å²) in [5.74, 6) is 0.0482. The second kappa shape index (κ2) is 5.80. The minimum atomic E-state index is 0.0482. The molecule has 4 heteroatoms. The van der Waals surface area contributed by atoms with Crippen LogP contribution in [0.15, 0.2) is 29.6 Å². The van der Waals surface area contributed by atoms with E-state index < -0.39 is 0 Å². The molecule has 0 spiro atoms. The Labute approximate surface area is 105 Å². The van der Waals surface area contributed by atoms with E-state index in [9.17, 15) is 4.79 Å². The quantitative estimate of drug-likeness (QED) is 0.847. The van der Waals surface area contributed by atoms with Crippen LogP contribution in [-0.4, -0.2) is 26.0 Å². The predicted octanol–water partition coefficient (Wildman–Crippen LogP) is 1.78. The summed E-state index contributed by atoms with van der Waals surface area (Å²) >= 11 is 1.76. The fraction of sp³-hybridized carbons (Fsp3) is 0.308. The predicted molar refractivity (Wildman–Crippen MR) is 72.5 cm³/mol. The normalized spacial score (nSPS) is 10.6. The molecule has 2 N–H and O–H groups in total. The number of likely N-dealkylation sites (N-methyl/N-ethyl adjacent to an activating group) is 1. The summed E-state index contributed by atoms with van der Waals surface area (Å²) in [6.07, 6.45) is 0.888. The molecule has 2 aromatic rings. The number of fused-ring (bicyclic) bond motifs is 1. The van der Waals surface area contributed by atoms with Gasteiger partial charge in [0.05, 0.1) is 6.54 Å². The largest absolute Gasteiger partial charge is 0.355 e. The highest BCUT2D eigenvalue weighted by Gasteiger charge is 2.04. The van der Waals surface area contributed by atoms with E-state index in [1.807, 2.05) is 0 Å². The van der Waals surface area contributed by atoms with Crippen molar-refractivity contribution in [2.75, 3.05) is 20.1 Å². The van der Waals surface area contributed by atoms with Gasteiger partial charge in [-0.1, -0.05) is 18.2 Å². The number of amides is 1. The van der Waals surface area contributed by atoms with Gasteiger partial charge in [0.25, 0.3) is 0 Å². The van der Waals surface area contributed by atoms with Crippen molar-refractivity contribution in [1.82, 2.24) is 10.6 Å². The third-order valence-corrected chi connectivity index (χ3v) is 3.63. The molecule has 0 atom stereocenters. The lowest BCUT2D eigenvalue weighted by Gasteiger charge is -2.04. The van der Waals surface area contributed by atoms with E-state index in [4.69, 9.17) is 0 Å². The second-order valence-corrected chi connectivity index (χ2v) is 4.80.